The lowest BCUT2D eigenvalue weighted by Crippen LogP contribution is -2.39. The van der Waals surface area contributed by atoms with E-state index in [1.165, 1.54) is 0 Å². The Hall–Kier alpha value is -1.35. The maximum absolute atomic E-state index is 11.1. The molecule has 1 aromatic carbocycles. The van der Waals surface area contributed by atoms with Crippen LogP contribution >= 0.6 is 0 Å². The lowest BCUT2D eigenvalue weighted by Gasteiger charge is -2.29. The monoisotopic (exact) mass is 205 g/mol. The van der Waals surface area contributed by atoms with Gasteiger partial charge in [0, 0.05) is 6.54 Å². The number of rotatable bonds is 2. The molecule has 1 aliphatic rings. The second-order valence-electron chi connectivity index (χ2n) is 3.95. The molecule has 0 spiro atoms. The summed E-state index contributed by atoms with van der Waals surface area (Å²) in [4.78, 5) is 11.1. The highest BCUT2D eigenvalue weighted by Gasteiger charge is 2.31. The molecule has 0 aliphatic carbocycles. The van der Waals surface area contributed by atoms with E-state index < -0.39 is 5.97 Å². The highest BCUT2D eigenvalue weighted by atomic mass is 16.4. The summed E-state index contributed by atoms with van der Waals surface area (Å²) in [6.45, 7) is 1.48. The standard InChI is InChI=1S/C12H15NO2/c14-12(15)11-8-13-7-6-10(11)9-4-2-1-3-5-9/h1-5,10-11,13H,6-8H2,(H,14,15)/t10-,11-/m1/s1. The molecular weight excluding hydrogens is 190 g/mol. The molecule has 80 valence electrons. The SMILES string of the molecule is O=C(O)[C@@H]1CNCC[C@@H]1c1ccccc1. The van der Waals surface area contributed by atoms with Crippen molar-refractivity contribution >= 4 is 5.97 Å². The fourth-order valence-electron chi connectivity index (χ4n) is 2.22. The van der Waals surface area contributed by atoms with Crippen molar-refractivity contribution < 1.29 is 9.90 Å². The first kappa shape index (κ1) is 10.2. The average molecular weight is 205 g/mol. The van der Waals surface area contributed by atoms with Crippen LogP contribution in [0.4, 0.5) is 0 Å². The van der Waals surface area contributed by atoms with Crippen LogP contribution in [0.2, 0.25) is 0 Å². The lowest BCUT2D eigenvalue weighted by molar-refractivity contribution is -0.142. The normalized spacial score (nSPS) is 26.1. The Morgan fingerprint density at radius 3 is 2.73 bits per heavy atom. The van der Waals surface area contributed by atoms with Crippen LogP contribution in [0.5, 0.6) is 0 Å². The number of hydrogen-bond donors (Lipinski definition) is 2. The third-order valence-corrected chi connectivity index (χ3v) is 3.03. The summed E-state index contributed by atoms with van der Waals surface area (Å²) >= 11 is 0. The minimum absolute atomic E-state index is 0.157. The van der Waals surface area contributed by atoms with Crippen molar-refractivity contribution in [1.29, 1.82) is 0 Å². The predicted molar refractivity (Wildman–Crippen MR) is 57.8 cm³/mol. The number of nitrogens with one attached hydrogen (secondary N) is 1. The molecule has 0 aromatic heterocycles. The highest BCUT2D eigenvalue weighted by molar-refractivity contribution is 5.72. The van der Waals surface area contributed by atoms with Gasteiger partial charge >= 0.3 is 5.97 Å². The molecule has 3 heteroatoms. The van der Waals surface area contributed by atoms with Crippen molar-refractivity contribution in [3.05, 3.63) is 35.9 Å². The van der Waals surface area contributed by atoms with E-state index in [4.69, 9.17) is 5.11 Å². The Labute approximate surface area is 89.1 Å². The van der Waals surface area contributed by atoms with Gasteiger partial charge < -0.3 is 10.4 Å². The summed E-state index contributed by atoms with van der Waals surface area (Å²) in [5, 5.41) is 12.3. The van der Waals surface area contributed by atoms with E-state index in [9.17, 15) is 4.79 Å². The van der Waals surface area contributed by atoms with E-state index in [0.717, 1.165) is 18.5 Å². The Morgan fingerprint density at radius 2 is 2.07 bits per heavy atom. The Balaban J connectivity index is 2.22. The molecule has 1 aliphatic heterocycles. The van der Waals surface area contributed by atoms with Gasteiger partial charge in [0.15, 0.2) is 0 Å². The van der Waals surface area contributed by atoms with Crippen LogP contribution in [0.1, 0.15) is 17.9 Å². The fourth-order valence-corrected chi connectivity index (χ4v) is 2.22. The van der Waals surface area contributed by atoms with Crippen molar-refractivity contribution in [1.82, 2.24) is 5.32 Å². The summed E-state index contributed by atoms with van der Waals surface area (Å²) in [5.74, 6) is -0.831. The molecule has 15 heavy (non-hydrogen) atoms. The van der Waals surface area contributed by atoms with Gasteiger partial charge in [-0.05, 0) is 24.4 Å². The van der Waals surface area contributed by atoms with E-state index in [0.29, 0.717) is 6.54 Å². The second kappa shape index (κ2) is 4.45. The van der Waals surface area contributed by atoms with E-state index in [2.05, 4.69) is 5.32 Å². The third-order valence-electron chi connectivity index (χ3n) is 3.03. The fraction of sp³-hybridized carbons (Fsp3) is 0.417. The van der Waals surface area contributed by atoms with Gasteiger partial charge in [-0.3, -0.25) is 4.79 Å². The maximum atomic E-state index is 11.1. The molecule has 2 rings (SSSR count). The number of carboxylic acid groups (broad SMARTS) is 1. The molecule has 2 atom stereocenters. The molecule has 0 unspecified atom stereocenters. The second-order valence-corrected chi connectivity index (χ2v) is 3.95. The number of aliphatic carboxylic acids is 1. The van der Waals surface area contributed by atoms with E-state index in [1.807, 2.05) is 30.3 Å². The molecule has 0 radical (unpaired) electrons. The van der Waals surface area contributed by atoms with E-state index in [-0.39, 0.29) is 11.8 Å². The average Bonchev–Trinajstić information content (AvgIpc) is 2.30. The van der Waals surface area contributed by atoms with E-state index >= 15 is 0 Å². The first-order valence-electron chi connectivity index (χ1n) is 5.27. The van der Waals surface area contributed by atoms with Crippen molar-refractivity contribution in [2.24, 2.45) is 5.92 Å². The summed E-state index contributed by atoms with van der Waals surface area (Å²) < 4.78 is 0. The highest BCUT2D eigenvalue weighted by Crippen LogP contribution is 2.30. The molecule has 1 saturated heterocycles. The van der Waals surface area contributed by atoms with Crippen LogP contribution in [0.3, 0.4) is 0 Å². The molecule has 0 saturated carbocycles. The van der Waals surface area contributed by atoms with Gasteiger partial charge in [-0.1, -0.05) is 30.3 Å². The number of benzene rings is 1. The van der Waals surface area contributed by atoms with Gasteiger partial charge in [0.1, 0.15) is 0 Å². The molecule has 1 aromatic rings. The molecule has 0 amide bonds. The van der Waals surface area contributed by atoms with Gasteiger partial charge in [0.05, 0.1) is 5.92 Å². The summed E-state index contributed by atoms with van der Waals surface area (Å²) in [7, 11) is 0. The third kappa shape index (κ3) is 2.18. The Bertz CT molecular complexity index is 337. The maximum Gasteiger partial charge on any atom is 0.308 e. The predicted octanol–water partition coefficient (Wildman–Crippen LogP) is 1.46. The van der Waals surface area contributed by atoms with Gasteiger partial charge in [0.25, 0.3) is 0 Å². The molecule has 3 nitrogen and oxygen atoms in total. The first-order chi connectivity index (χ1) is 7.29. The number of carboxylic acids is 1. The van der Waals surface area contributed by atoms with Crippen molar-refractivity contribution in [2.75, 3.05) is 13.1 Å². The summed E-state index contributed by atoms with van der Waals surface area (Å²) in [6, 6.07) is 9.94. The largest absolute Gasteiger partial charge is 0.481 e. The summed E-state index contributed by atoms with van der Waals surface area (Å²) in [6.07, 6.45) is 0.904. The van der Waals surface area contributed by atoms with Crippen molar-refractivity contribution in [3.63, 3.8) is 0 Å². The van der Waals surface area contributed by atoms with Gasteiger partial charge in [-0.25, -0.2) is 0 Å². The van der Waals surface area contributed by atoms with Gasteiger partial charge in [-0.2, -0.15) is 0 Å². The van der Waals surface area contributed by atoms with Crippen LogP contribution in [0, 0.1) is 5.92 Å². The zero-order valence-electron chi connectivity index (χ0n) is 8.52. The topological polar surface area (TPSA) is 49.3 Å². The lowest BCUT2D eigenvalue weighted by atomic mass is 9.81. The van der Waals surface area contributed by atoms with Crippen molar-refractivity contribution in [3.8, 4) is 0 Å². The number of hydrogen-bond acceptors (Lipinski definition) is 2. The van der Waals surface area contributed by atoms with Crippen LogP contribution < -0.4 is 5.32 Å². The minimum atomic E-state index is -0.698. The molecule has 1 heterocycles. The van der Waals surface area contributed by atoms with Crippen LogP contribution in [0.15, 0.2) is 30.3 Å². The minimum Gasteiger partial charge on any atom is -0.481 e. The van der Waals surface area contributed by atoms with E-state index in [1.54, 1.807) is 0 Å². The molecule has 2 N–H and O–H groups in total. The zero-order valence-corrected chi connectivity index (χ0v) is 8.52. The Kier molecular flexibility index (Phi) is 3.02. The quantitative estimate of drug-likeness (QED) is 0.768. The Morgan fingerprint density at radius 1 is 1.33 bits per heavy atom. The number of carbonyl (C=O) groups is 1. The van der Waals surface area contributed by atoms with Gasteiger partial charge in [0.2, 0.25) is 0 Å². The van der Waals surface area contributed by atoms with Crippen LogP contribution in [0.25, 0.3) is 0 Å². The molecule has 1 fully saturated rings. The van der Waals surface area contributed by atoms with Crippen molar-refractivity contribution in [2.45, 2.75) is 12.3 Å². The number of piperidine rings is 1. The smallest absolute Gasteiger partial charge is 0.308 e. The first-order valence-corrected chi connectivity index (χ1v) is 5.27. The van der Waals surface area contributed by atoms with Crippen LogP contribution in [-0.2, 0) is 4.79 Å². The summed E-state index contributed by atoms with van der Waals surface area (Å²) in [5.41, 5.74) is 1.14. The zero-order chi connectivity index (χ0) is 10.7. The molecular formula is C12H15NO2. The molecule has 0 bridgehead atoms. The van der Waals surface area contributed by atoms with Gasteiger partial charge in [-0.15, -0.1) is 0 Å². The van der Waals surface area contributed by atoms with Crippen LogP contribution in [-0.4, -0.2) is 24.2 Å².